The molecule has 1 amide bonds. The molecule has 1 aromatic heterocycles. The molecule has 0 saturated heterocycles. The number of rotatable bonds is 1. The van der Waals surface area contributed by atoms with Crippen molar-refractivity contribution in [3.8, 4) is 11.1 Å². The minimum Gasteiger partial charge on any atom is -0.338 e. The molecule has 120 valence electrons. The van der Waals surface area contributed by atoms with E-state index in [1.165, 1.54) is 27.6 Å². The third-order valence-electron chi connectivity index (χ3n) is 4.85. The van der Waals surface area contributed by atoms with Crippen LogP contribution in [0.15, 0.2) is 48.5 Å². The fourth-order valence-electron chi connectivity index (χ4n) is 3.66. The van der Waals surface area contributed by atoms with E-state index in [1.54, 1.807) is 6.92 Å². The number of benzene rings is 2. The SMILES string of the molecule is CC(=O)N1CCc2c(cccc2-c2cc(C)nc3ccccc23)C1. The second-order valence-electron chi connectivity index (χ2n) is 6.46. The van der Waals surface area contributed by atoms with E-state index in [0.29, 0.717) is 6.54 Å². The standard InChI is InChI=1S/C21H20N2O/c1-14-12-20(19-7-3-4-9-21(19)22-14)18-8-5-6-16-13-23(15(2)24)11-10-17(16)18/h3-9,12H,10-11,13H2,1-2H3. The van der Waals surface area contributed by atoms with E-state index < -0.39 is 0 Å². The minimum absolute atomic E-state index is 0.149. The van der Waals surface area contributed by atoms with Crippen LogP contribution in [-0.4, -0.2) is 22.3 Å². The van der Waals surface area contributed by atoms with Crippen molar-refractivity contribution in [3.63, 3.8) is 0 Å². The minimum atomic E-state index is 0.149. The Balaban J connectivity index is 1.91. The maximum atomic E-state index is 11.7. The molecular formula is C21H20N2O. The van der Waals surface area contributed by atoms with E-state index in [1.807, 2.05) is 17.9 Å². The Morgan fingerprint density at radius 2 is 1.92 bits per heavy atom. The highest BCUT2D eigenvalue weighted by Gasteiger charge is 2.21. The van der Waals surface area contributed by atoms with E-state index >= 15 is 0 Å². The first kappa shape index (κ1) is 14.9. The summed E-state index contributed by atoms with van der Waals surface area (Å²) in [6.45, 7) is 5.19. The summed E-state index contributed by atoms with van der Waals surface area (Å²) in [7, 11) is 0. The fraction of sp³-hybridized carbons (Fsp3) is 0.238. The monoisotopic (exact) mass is 316 g/mol. The van der Waals surface area contributed by atoms with E-state index in [0.717, 1.165) is 24.2 Å². The average molecular weight is 316 g/mol. The second-order valence-corrected chi connectivity index (χ2v) is 6.46. The van der Waals surface area contributed by atoms with Gasteiger partial charge in [-0.15, -0.1) is 0 Å². The van der Waals surface area contributed by atoms with Gasteiger partial charge in [0.2, 0.25) is 5.91 Å². The van der Waals surface area contributed by atoms with Crippen LogP contribution in [0.1, 0.15) is 23.7 Å². The van der Waals surface area contributed by atoms with Gasteiger partial charge < -0.3 is 4.90 Å². The summed E-state index contributed by atoms with van der Waals surface area (Å²) in [5, 5.41) is 1.19. The third kappa shape index (κ3) is 2.46. The van der Waals surface area contributed by atoms with Crippen LogP contribution in [0.3, 0.4) is 0 Å². The largest absolute Gasteiger partial charge is 0.338 e. The number of para-hydroxylation sites is 1. The molecule has 2 heterocycles. The first-order valence-corrected chi connectivity index (χ1v) is 8.36. The summed E-state index contributed by atoms with van der Waals surface area (Å²) >= 11 is 0. The van der Waals surface area contributed by atoms with Gasteiger partial charge in [-0.3, -0.25) is 9.78 Å². The van der Waals surface area contributed by atoms with Gasteiger partial charge in [0.25, 0.3) is 0 Å². The van der Waals surface area contributed by atoms with Gasteiger partial charge in [0.1, 0.15) is 0 Å². The Morgan fingerprint density at radius 1 is 1.08 bits per heavy atom. The van der Waals surface area contributed by atoms with Crippen molar-refractivity contribution in [3.05, 3.63) is 65.4 Å². The normalized spacial score (nSPS) is 13.8. The number of carbonyl (C=O) groups excluding carboxylic acids is 1. The number of fused-ring (bicyclic) bond motifs is 2. The van der Waals surface area contributed by atoms with E-state index in [2.05, 4.69) is 47.4 Å². The highest BCUT2D eigenvalue weighted by Crippen LogP contribution is 2.34. The van der Waals surface area contributed by atoms with Gasteiger partial charge in [-0.2, -0.15) is 0 Å². The number of hydrogen-bond donors (Lipinski definition) is 0. The number of aryl methyl sites for hydroxylation is 1. The molecule has 3 aromatic rings. The number of amides is 1. The van der Waals surface area contributed by atoms with E-state index in [-0.39, 0.29) is 5.91 Å². The summed E-state index contributed by atoms with van der Waals surface area (Å²) in [5.41, 5.74) is 7.20. The van der Waals surface area contributed by atoms with Gasteiger partial charge in [0.15, 0.2) is 0 Å². The number of aromatic nitrogens is 1. The van der Waals surface area contributed by atoms with Crippen LogP contribution in [0.25, 0.3) is 22.0 Å². The van der Waals surface area contributed by atoms with Gasteiger partial charge in [-0.05, 0) is 47.7 Å². The molecule has 0 unspecified atom stereocenters. The molecule has 0 saturated carbocycles. The summed E-state index contributed by atoms with van der Waals surface area (Å²) in [6, 6.07) is 16.9. The van der Waals surface area contributed by atoms with Gasteiger partial charge in [0.05, 0.1) is 5.52 Å². The molecule has 0 N–H and O–H groups in total. The maximum absolute atomic E-state index is 11.7. The molecule has 3 heteroatoms. The lowest BCUT2D eigenvalue weighted by Crippen LogP contribution is -2.34. The molecule has 4 rings (SSSR count). The van der Waals surface area contributed by atoms with Crippen LogP contribution >= 0.6 is 0 Å². The predicted molar refractivity (Wildman–Crippen MR) is 96.7 cm³/mol. The lowest BCUT2D eigenvalue weighted by atomic mass is 9.89. The zero-order valence-corrected chi connectivity index (χ0v) is 14.0. The number of carbonyl (C=O) groups is 1. The Morgan fingerprint density at radius 3 is 2.75 bits per heavy atom. The van der Waals surface area contributed by atoms with E-state index in [4.69, 9.17) is 0 Å². The Hall–Kier alpha value is -2.68. The molecule has 0 radical (unpaired) electrons. The predicted octanol–water partition coefficient (Wildman–Crippen LogP) is 4.11. The van der Waals surface area contributed by atoms with Crippen molar-refractivity contribution in [2.45, 2.75) is 26.8 Å². The molecule has 1 aliphatic rings. The molecule has 0 aliphatic carbocycles. The zero-order chi connectivity index (χ0) is 16.7. The lowest BCUT2D eigenvalue weighted by Gasteiger charge is -2.29. The number of nitrogens with zero attached hydrogens (tertiary/aromatic N) is 2. The van der Waals surface area contributed by atoms with E-state index in [9.17, 15) is 4.79 Å². The van der Waals surface area contributed by atoms with Crippen LogP contribution < -0.4 is 0 Å². The first-order chi connectivity index (χ1) is 11.6. The Bertz CT molecular complexity index is 946. The van der Waals surface area contributed by atoms with Crippen molar-refractivity contribution in [2.75, 3.05) is 6.54 Å². The van der Waals surface area contributed by atoms with Crippen molar-refractivity contribution < 1.29 is 4.79 Å². The first-order valence-electron chi connectivity index (χ1n) is 8.36. The molecule has 0 bridgehead atoms. The van der Waals surface area contributed by atoms with Crippen LogP contribution in [-0.2, 0) is 17.8 Å². The molecule has 24 heavy (non-hydrogen) atoms. The number of pyridine rings is 1. The smallest absolute Gasteiger partial charge is 0.219 e. The fourth-order valence-corrected chi connectivity index (χ4v) is 3.66. The number of hydrogen-bond acceptors (Lipinski definition) is 2. The lowest BCUT2D eigenvalue weighted by molar-refractivity contribution is -0.129. The third-order valence-corrected chi connectivity index (χ3v) is 4.85. The van der Waals surface area contributed by atoms with Gasteiger partial charge in [-0.25, -0.2) is 0 Å². The average Bonchev–Trinajstić information content (AvgIpc) is 2.60. The molecule has 0 fully saturated rings. The van der Waals surface area contributed by atoms with Crippen LogP contribution in [0.2, 0.25) is 0 Å². The summed E-state index contributed by atoms with van der Waals surface area (Å²) < 4.78 is 0. The molecule has 2 aromatic carbocycles. The molecular weight excluding hydrogens is 296 g/mol. The van der Waals surface area contributed by atoms with Crippen molar-refractivity contribution in [1.82, 2.24) is 9.88 Å². The van der Waals surface area contributed by atoms with Gasteiger partial charge in [-0.1, -0.05) is 36.4 Å². The molecule has 1 aliphatic heterocycles. The van der Waals surface area contributed by atoms with Crippen LogP contribution in [0, 0.1) is 6.92 Å². The highest BCUT2D eigenvalue weighted by molar-refractivity contribution is 5.95. The Labute approximate surface area is 141 Å². The van der Waals surface area contributed by atoms with Crippen LogP contribution in [0.5, 0.6) is 0 Å². The second kappa shape index (κ2) is 5.75. The summed E-state index contributed by atoms with van der Waals surface area (Å²) in [6.07, 6.45) is 0.904. The molecule has 0 atom stereocenters. The Kier molecular flexibility index (Phi) is 3.57. The van der Waals surface area contributed by atoms with Crippen molar-refractivity contribution >= 4 is 16.8 Å². The van der Waals surface area contributed by atoms with Crippen molar-refractivity contribution in [2.24, 2.45) is 0 Å². The van der Waals surface area contributed by atoms with Gasteiger partial charge in [0, 0.05) is 31.1 Å². The maximum Gasteiger partial charge on any atom is 0.219 e. The van der Waals surface area contributed by atoms with Crippen LogP contribution in [0.4, 0.5) is 0 Å². The summed E-state index contributed by atoms with van der Waals surface area (Å²) in [4.78, 5) is 18.3. The van der Waals surface area contributed by atoms with Crippen molar-refractivity contribution in [1.29, 1.82) is 0 Å². The zero-order valence-electron chi connectivity index (χ0n) is 14.0. The summed E-state index contributed by atoms with van der Waals surface area (Å²) in [5.74, 6) is 0.149. The van der Waals surface area contributed by atoms with Gasteiger partial charge >= 0.3 is 0 Å². The molecule has 3 nitrogen and oxygen atoms in total. The topological polar surface area (TPSA) is 33.2 Å². The quantitative estimate of drug-likeness (QED) is 0.677. The molecule has 0 spiro atoms. The highest BCUT2D eigenvalue weighted by atomic mass is 16.2.